The van der Waals surface area contributed by atoms with Crippen molar-refractivity contribution >= 4 is 11.6 Å². The Balaban J connectivity index is 2.97. The van der Waals surface area contributed by atoms with E-state index in [1.165, 1.54) is 0 Å². The maximum atomic E-state index is 12.2. The predicted molar refractivity (Wildman–Crippen MR) is 67.9 cm³/mol. The number of hydrogen-bond donors (Lipinski definition) is 1. The highest BCUT2D eigenvalue weighted by Crippen LogP contribution is 2.16. The van der Waals surface area contributed by atoms with Crippen LogP contribution in [0.15, 0.2) is 24.3 Å². The molecule has 0 aliphatic rings. The van der Waals surface area contributed by atoms with Crippen molar-refractivity contribution in [1.29, 1.82) is 0 Å². The molecule has 0 saturated carbocycles. The van der Waals surface area contributed by atoms with E-state index in [2.05, 4.69) is 5.32 Å². The highest BCUT2D eigenvalue weighted by Gasteiger charge is 2.15. The Morgan fingerprint density at radius 2 is 1.81 bits per heavy atom. The van der Waals surface area contributed by atoms with Gasteiger partial charge in [-0.2, -0.15) is 0 Å². The Labute approximate surface area is 97.5 Å². The third-order valence-electron chi connectivity index (χ3n) is 2.58. The summed E-state index contributed by atoms with van der Waals surface area (Å²) >= 11 is 0. The fraction of sp³-hybridized carbons (Fsp3) is 0.462. The summed E-state index contributed by atoms with van der Waals surface area (Å²) < 4.78 is 0. The van der Waals surface area contributed by atoms with Crippen molar-refractivity contribution < 1.29 is 4.79 Å². The number of carbonyl (C=O) groups is 1. The average molecular weight is 220 g/mol. The molecule has 0 unspecified atom stereocenters. The normalized spacial score (nSPS) is 9.94. The zero-order valence-electron chi connectivity index (χ0n) is 10.3. The van der Waals surface area contributed by atoms with Gasteiger partial charge in [0.1, 0.15) is 0 Å². The Morgan fingerprint density at radius 3 is 2.38 bits per heavy atom. The number of nitrogens with one attached hydrogen (secondary N) is 1. The van der Waals surface area contributed by atoms with Crippen LogP contribution in [0.25, 0.3) is 0 Å². The van der Waals surface area contributed by atoms with Crippen LogP contribution in [0, 0.1) is 0 Å². The Hall–Kier alpha value is -1.51. The maximum absolute atomic E-state index is 12.2. The monoisotopic (exact) mass is 220 g/mol. The van der Waals surface area contributed by atoms with Crippen molar-refractivity contribution in [2.24, 2.45) is 0 Å². The molecule has 1 N–H and O–H groups in total. The highest BCUT2D eigenvalue weighted by molar-refractivity contribution is 5.99. The smallest absolute Gasteiger partial charge is 0.255 e. The number of anilines is 1. The van der Waals surface area contributed by atoms with Gasteiger partial charge in [0.15, 0.2) is 0 Å². The van der Waals surface area contributed by atoms with Crippen LogP contribution in [-0.4, -0.2) is 30.4 Å². The van der Waals surface area contributed by atoms with Gasteiger partial charge in [-0.05, 0) is 32.9 Å². The first-order valence-corrected chi connectivity index (χ1v) is 5.86. The minimum absolute atomic E-state index is 0.0987. The maximum Gasteiger partial charge on any atom is 0.255 e. The number of carbonyl (C=O) groups excluding carboxylic acids is 1. The zero-order valence-corrected chi connectivity index (χ0v) is 10.3. The van der Waals surface area contributed by atoms with Crippen LogP contribution in [-0.2, 0) is 0 Å². The lowest BCUT2D eigenvalue weighted by molar-refractivity contribution is 0.0774. The Kier molecular flexibility index (Phi) is 4.83. The second-order valence-corrected chi connectivity index (χ2v) is 3.55. The van der Waals surface area contributed by atoms with Gasteiger partial charge in [-0.1, -0.05) is 12.1 Å². The Morgan fingerprint density at radius 1 is 1.19 bits per heavy atom. The number of benzene rings is 1. The molecule has 0 aliphatic heterocycles. The van der Waals surface area contributed by atoms with E-state index in [0.717, 1.165) is 30.9 Å². The van der Waals surface area contributed by atoms with Crippen LogP contribution in [0.5, 0.6) is 0 Å². The summed E-state index contributed by atoms with van der Waals surface area (Å²) in [5.41, 5.74) is 1.68. The summed E-state index contributed by atoms with van der Waals surface area (Å²) in [5, 5.41) is 3.21. The van der Waals surface area contributed by atoms with Gasteiger partial charge in [-0.3, -0.25) is 4.79 Å². The van der Waals surface area contributed by atoms with Gasteiger partial charge in [0.25, 0.3) is 5.91 Å². The summed E-state index contributed by atoms with van der Waals surface area (Å²) in [6.07, 6.45) is 0. The molecule has 1 amide bonds. The first-order chi connectivity index (χ1) is 7.74. The summed E-state index contributed by atoms with van der Waals surface area (Å²) in [4.78, 5) is 14.0. The topological polar surface area (TPSA) is 32.3 Å². The lowest BCUT2D eigenvalue weighted by atomic mass is 10.1. The van der Waals surface area contributed by atoms with E-state index in [9.17, 15) is 4.79 Å². The van der Waals surface area contributed by atoms with E-state index in [4.69, 9.17) is 0 Å². The van der Waals surface area contributed by atoms with Gasteiger partial charge >= 0.3 is 0 Å². The van der Waals surface area contributed by atoms with Crippen molar-refractivity contribution in [3.05, 3.63) is 29.8 Å². The van der Waals surface area contributed by atoms with Crippen LogP contribution < -0.4 is 5.32 Å². The summed E-state index contributed by atoms with van der Waals surface area (Å²) in [7, 11) is 0. The quantitative estimate of drug-likeness (QED) is 0.827. The fourth-order valence-electron chi connectivity index (χ4n) is 1.70. The molecule has 1 rings (SSSR count). The molecule has 3 nitrogen and oxygen atoms in total. The van der Waals surface area contributed by atoms with Crippen molar-refractivity contribution in [3.63, 3.8) is 0 Å². The molecule has 88 valence electrons. The molecular weight excluding hydrogens is 200 g/mol. The van der Waals surface area contributed by atoms with Crippen LogP contribution >= 0.6 is 0 Å². The number of rotatable bonds is 5. The second kappa shape index (κ2) is 6.16. The van der Waals surface area contributed by atoms with Crippen molar-refractivity contribution in [2.75, 3.05) is 25.0 Å². The molecule has 0 radical (unpaired) electrons. The highest BCUT2D eigenvalue weighted by atomic mass is 16.2. The van der Waals surface area contributed by atoms with Crippen LogP contribution in [0.3, 0.4) is 0 Å². The predicted octanol–water partition coefficient (Wildman–Crippen LogP) is 2.60. The van der Waals surface area contributed by atoms with E-state index in [0.29, 0.717) is 0 Å². The molecule has 0 aromatic heterocycles. The van der Waals surface area contributed by atoms with Gasteiger partial charge < -0.3 is 10.2 Å². The van der Waals surface area contributed by atoms with E-state index >= 15 is 0 Å². The van der Waals surface area contributed by atoms with Gasteiger partial charge in [0.2, 0.25) is 0 Å². The number of nitrogens with zero attached hydrogens (tertiary/aromatic N) is 1. The van der Waals surface area contributed by atoms with E-state index in [1.807, 2.05) is 49.9 Å². The SMILES string of the molecule is CCNc1ccccc1C(=O)N(CC)CC. The van der Waals surface area contributed by atoms with Crippen molar-refractivity contribution in [1.82, 2.24) is 4.90 Å². The largest absolute Gasteiger partial charge is 0.385 e. The van der Waals surface area contributed by atoms with E-state index in [-0.39, 0.29) is 5.91 Å². The first kappa shape index (κ1) is 12.6. The first-order valence-electron chi connectivity index (χ1n) is 5.86. The molecule has 0 atom stereocenters. The van der Waals surface area contributed by atoms with Gasteiger partial charge in [-0.25, -0.2) is 0 Å². The van der Waals surface area contributed by atoms with Crippen LogP contribution in [0.2, 0.25) is 0 Å². The second-order valence-electron chi connectivity index (χ2n) is 3.55. The van der Waals surface area contributed by atoms with Crippen molar-refractivity contribution in [3.8, 4) is 0 Å². The van der Waals surface area contributed by atoms with Gasteiger partial charge in [0, 0.05) is 25.3 Å². The lowest BCUT2D eigenvalue weighted by Gasteiger charge is -2.20. The number of hydrogen-bond acceptors (Lipinski definition) is 2. The number of para-hydroxylation sites is 1. The zero-order chi connectivity index (χ0) is 12.0. The fourth-order valence-corrected chi connectivity index (χ4v) is 1.70. The molecule has 0 bridgehead atoms. The van der Waals surface area contributed by atoms with E-state index < -0.39 is 0 Å². The van der Waals surface area contributed by atoms with Gasteiger partial charge in [-0.15, -0.1) is 0 Å². The summed E-state index contributed by atoms with van der Waals surface area (Å²) in [5.74, 6) is 0.0987. The third-order valence-corrected chi connectivity index (χ3v) is 2.58. The third kappa shape index (κ3) is 2.75. The van der Waals surface area contributed by atoms with Gasteiger partial charge in [0.05, 0.1) is 5.56 Å². The summed E-state index contributed by atoms with van der Waals surface area (Å²) in [6, 6.07) is 7.66. The molecule has 0 saturated heterocycles. The molecule has 0 heterocycles. The molecule has 0 fully saturated rings. The lowest BCUT2D eigenvalue weighted by Crippen LogP contribution is -2.31. The average Bonchev–Trinajstić information content (AvgIpc) is 2.31. The molecule has 3 heteroatoms. The molecule has 1 aromatic carbocycles. The molecule has 1 aromatic rings. The summed E-state index contributed by atoms with van der Waals surface area (Å²) in [6.45, 7) is 8.33. The molecular formula is C13H20N2O. The molecule has 0 aliphatic carbocycles. The molecule has 0 spiro atoms. The van der Waals surface area contributed by atoms with Crippen molar-refractivity contribution in [2.45, 2.75) is 20.8 Å². The van der Waals surface area contributed by atoms with E-state index in [1.54, 1.807) is 0 Å². The minimum atomic E-state index is 0.0987. The standard InChI is InChI=1S/C13H20N2O/c1-4-14-12-10-8-7-9-11(12)13(16)15(5-2)6-3/h7-10,14H,4-6H2,1-3H3. The molecule has 16 heavy (non-hydrogen) atoms. The Bertz CT molecular complexity index is 346. The minimum Gasteiger partial charge on any atom is -0.385 e. The van der Waals surface area contributed by atoms with Crippen LogP contribution in [0.1, 0.15) is 31.1 Å². The number of amides is 1. The van der Waals surface area contributed by atoms with Crippen LogP contribution in [0.4, 0.5) is 5.69 Å².